The zero-order valence-corrected chi connectivity index (χ0v) is 7.61. The second-order valence-corrected chi connectivity index (χ2v) is 4.03. The van der Waals surface area contributed by atoms with Crippen LogP contribution in [0.1, 0.15) is 40.0 Å². The summed E-state index contributed by atoms with van der Waals surface area (Å²) in [5.41, 5.74) is 1.47. The predicted molar refractivity (Wildman–Crippen MR) is 46.4 cm³/mol. The quantitative estimate of drug-likeness (QED) is 0.488. The number of carbonyl (C=O) groups is 1. The maximum absolute atomic E-state index is 11.2. The average Bonchev–Trinajstić information content (AvgIpc) is 1.93. The van der Waals surface area contributed by atoms with Crippen molar-refractivity contribution >= 4 is 5.78 Å². The van der Waals surface area contributed by atoms with Crippen molar-refractivity contribution in [3.63, 3.8) is 0 Å². The molecule has 0 fully saturated rings. The van der Waals surface area contributed by atoms with Gasteiger partial charge in [-0.1, -0.05) is 25.5 Å². The van der Waals surface area contributed by atoms with E-state index in [-0.39, 0.29) is 5.41 Å². The van der Waals surface area contributed by atoms with Crippen LogP contribution in [0.25, 0.3) is 0 Å². The fourth-order valence-corrected chi connectivity index (χ4v) is 1.45. The largest absolute Gasteiger partial charge is 0.300 e. The van der Waals surface area contributed by atoms with Crippen molar-refractivity contribution < 1.29 is 4.79 Å². The number of allylic oxidation sites excluding steroid dienone is 2. The molecule has 11 heavy (non-hydrogen) atoms. The van der Waals surface area contributed by atoms with E-state index in [2.05, 4.69) is 26.8 Å². The van der Waals surface area contributed by atoms with Crippen LogP contribution in [-0.2, 0) is 4.79 Å². The van der Waals surface area contributed by atoms with Gasteiger partial charge in [0.1, 0.15) is 5.78 Å². The van der Waals surface area contributed by atoms with E-state index in [9.17, 15) is 4.79 Å². The summed E-state index contributed by atoms with van der Waals surface area (Å²) in [6.07, 6.45) is 4.59. The summed E-state index contributed by atoms with van der Waals surface area (Å²) in [6.45, 7) is 6.41. The summed E-state index contributed by atoms with van der Waals surface area (Å²) in [5, 5.41) is 0. The molecule has 0 radical (unpaired) electrons. The van der Waals surface area contributed by atoms with Crippen molar-refractivity contribution in [2.75, 3.05) is 0 Å². The monoisotopic (exact) mass is 152 g/mol. The zero-order valence-electron chi connectivity index (χ0n) is 7.61. The first-order valence-electron chi connectivity index (χ1n) is 4.21. The molecule has 1 heteroatoms. The lowest BCUT2D eigenvalue weighted by Crippen LogP contribution is -2.16. The lowest BCUT2D eigenvalue weighted by molar-refractivity contribution is -0.120. The Morgan fingerprint density at radius 3 is 2.73 bits per heavy atom. The summed E-state index contributed by atoms with van der Waals surface area (Å²) in [5.74, 6) is 0.406. The van der Waals surface area contributed by atoms with E-state index in [0.717, 1.165) is 19.3 Å². The molecule has 1 aliphatic rings. The molecule has 0 saturated heterocycles. The highest BCUT2D eigenvalue weighted by atomic mass is 16.1. The number of carbonyl (C=O) groups excluding carboxylic acids is 1. The fraction of sp³-hybridized carbons (Fsp3) is 0.700. The minimum atomic E-state index is 0.105. The number of rotatable bonds is 0. The third-order valence-corrected chi connectivity index (χ3v) is 2.58. The average molecular weight is 152 g/mol. The van der Waals surface area contributed by atoms with Gasteiger partial charge < -0.3 is 0 Å². The molecule has 0 aliphatic heterocycles. The molecular weight excluding hydrogens is 136 g/mol. The highest BCUT2D eigenvalue weighted by Gasteiger charge is 2.25. The van der Waals surface area contributed by atoms with Crippen molar-refractivity contribution in [2.24, 2.45) is 5.41 Å². The molecule has 1 aliphatic carbocycles. The normalized spacial score (nSPS) is 24.3. The van der Waals surface area contributed by atoms with Gasteiger partial charge in [-0.2, -0.15) is 0 Å². The Morgan fingerprint density at radius 2 is 2.09 bits per heavy atom. The van der Waals surface area contributed by atoms with Gasteiger partial charge in [0.05, 0.1) is 0 Å². The van der Waals surface area contributed by atoms with Crippen LogP contribution in [-0.4, -0.2) is 5.78 Å². The Balaban J connectivity index is 2.83. The fourth-order valence-electron chi connectivity index (χ4n) is 1.45. The smallest absolute Gasteiger partial charge is 0.134 e. The summed E-state index contributed by atoms with van der Waals surface area (Å²) in [6, 6.07) is 0. The standard InChI is InChI=1S/C10H16O/c1-8-5-4-6-9(11)7-10(8,2)3/h5H,4,6-7H2,1-3H3. The Morgan fingerprint density at radius 1 is 1.45 bits per heavy atom. The molecule has 0 amide bonds. The highest BCUT2D eigenvalue weighted by Crippen LogP contribution is 2.33. The second-order valence-electron chi connectivity index (χ2n) is 4.03. The molecule has 62 valence electrons. The van der Waals surface area contributed by atoms with Crippen LogP contribution in [0.3, 0.4) is 0 Å². The van der Waals surface area contributed by atoms with Gasteiger partial charge in [-0.3, -0.25) is 4.79 Å². The lowest BCUT2D eigenvalue weighted by Gasteiger charge is -2.23. The lowest BCUT2D eigenvalue weighted by atomic mass is 9.81. The topological polar surface area (TPSA) is 17.1 Å². The van der Waals surface area contributed by atoms with Gasteiger partial charge >= 0.3 is 0 Å². The van der Waals surface area contributed by atoms with E-state index >= 15 is 0 Å². The number of hydrogen-bond donors (Lipinski definition) is 0. The third kappa shape index (κ3) is 1.92. The SMILES string of the molecule is CC1=CCCC(=O)CC1(C)C. The van der Waals surface area contributed by atoms with Crippen molar-refractivity contribution in [3.05, 3.63) is 11.6 Å². The van der Waals surface area contributed by atoms with E-state index < -0.39 is 0 Å². The van der Waals surface area contributed by atoms with Crippen molar-refractivity contribution in [3.8, 4) is 0 Å². The maximum Gasteiger partial charge on any atom is 0.134 e. The van der Waals surface area contributed by atoms with Gasteiger partial charge in [0.2, 0.25) is 0 Å². The molecule has 1 nitrogen and oxygen atoms in total. The summed E-state index contributed by atoms with van der Waals surface area (Å²) in [7, 11) is 0. The highest BCUT2D eigenvalue weighted by molar-refractivity contribution is 5.80. The Hall–Kier alpha value is -0.590. The third-order valence-electron chi connectivity index (χ3n) is 2.58. The molecule has 1 rings (SSSR count). The first-order chi connectivity index (χ1) is 5.02. The van der Waals surface area contributed by atoms with Crippen LogP contribution in [0.5, 0.6) is 0 Å². The van der Waals surface area contributed by atoms with E-state index in [1.165, 1.54) is 5.57 Å². The van der Waals surface area contributed by atoms with Crippen LogP contribution in [0.4, 0.5) is 0 Å². The summed E-state index contributed by atoms with van der Waals surface area (Å²) < 4.78 is 0. The molecule has 0 bridgehead atoms. The molecule has 0 aromatic heterocycles. The van der Waals surface area contributed by atoms with Crippen LogP contribution >= 0.6 is 0 Å². The minimum absolute atomic E-state index is 0.105. The molecule has 0 heterocycles. The van der Waals surface area contributed by atoms with Gasteiger partial charge in [-0.15, -0.1) is 0 Å². The summed E-state index contributed by atoms with van der Waals surface area (Å²) >= 11 is 0. The predicted octanol–water partition coefficient (Wildman–Crippen LogP) is 2.71. The molecule has 0 atom stereocenters. The molecule has 0 spiro atoms. The van der Waals surface area contributed by atoms with Crippen molar-refractivity contribution in [1.29, 1.82) is 0 Å². The van der Waals surface area contributed by atoms with Crippen molar-refractivity contribution in [1.82, 2.24) is 0 Å². The van der Waals surface area contributed by atoms with Crippen molar-refractivity contribution in [2.45, 2.75) is 40.0 Å². The van der Waals surface area contributed by atoms with Gasteiger partial charge in [-0.25, -0.2) is 0 Å². The van der Waals surface area contributed by atoms with Crippen LogP contribution in [0.15, 0.2) is 11.6 Å². The first-order valence-corrected chi connectivity index (χ1v) is 4.21. The molecule has 0 N–H and O–H groups in total. The van der Waals surface area contributed by atoms with Crippen LogP contribution in [0.2, 0.25) is 0 Å². The first kappa shape index (κ1) is 8.51. The molecule has 0 saturated carbocycles. The molecule has 0 unspecified atom stereocenters. The van der Waals surface area contributed by atoms with E-state index in [4.69, 9.17) is 0 Å². The zero-order chi connectivity index (χ0) is 8.48. The van der Waals surface area contributed by atoms with E-state index in [1.54, 1.807) is 0 Å². The molecular formula is C10H16O. The van der Waals surface area contributed by atoms with Gasteiger partial charge in [-0.05, 0) is 18.8 Å². The Kier molecular flexibility index (Phi) is 2.17. The van der Waals surface area contributed by atoms with E-state index in [1.807, 2.05) is 0 Å². The molecule has 0 aromatic carbocycles. The van der Waals surface area contributed by atoms with Gasteiger partial charge in [0.25, 0.3) is 0 Å². The second kappa shape index (κ2) is 2.80. The summed E-state index contributed by atoms with van der Waals surface area (Å²) in [4.78, 5) is 11.2. The van der Waals surface area contributed by atoms with E-state index in [0.29, 0.717) is 5.78 Å². The minimum Gasteiger partial charge on any atom is -0.300 e. The van der Waals surface area contributed by atoms with Crippen LogP contribution < -0.4 is 0 Å². The number of ketones is 1. The van der Waals surface area contributed by atoms with Crippen LogP contribution in [0, 0.1) is 5.41 Å². The Bertz CT molecular complexity index is 199. The molecule has 0 aromatic rings. The number of hydrogen-bond acceptors (Lipinski definition) is 1. The van der Waals surface area contributed by atoms with Gasteiger partial charge in [0.15, 0.2) is 0 Å². The number of Topliss-reactive ketones (excluding diaryl/α,β-unsaturated/α-hetero) is 1. The Labute approximate surface area is 68.5 Å². The van der Waals surface area contributed by atoms with Gasteiger partial charge in [0, 0.05) is 12.8 Å². The maximum atomic E-state index is 11.2.